The number of ether oxygens (including phenoxy) is 5. The second kappa shape index (κ2) is 20.9. The van der Waals surface area contributed by atoms with E-state index in [1.54, 1.807) is 52.1 Å². The normalized spacial score (nSPS) is 39.6. The van der Waals surface area contributed by atoms with Crippen LogP contribution in [0.1, 0.15) is 92.8 Å². The molecule has 0 aliphatic carbocycles. The molecule has 350 valence electrons. The Labute approximate surface area is 382 Å². The molecule has 63 heavy (non-hydrogen) atoms. The zero-order chi connectivity index (χ0) is 46.6. The van der Waals surface area contributed by atoms with E-state index < -0.39 is 89.0 Å². The van der Waals surface area contributed by atoms with Gasteiger partial charge in [0.15, 0.2) is 17.7 Å². The molecule has 1 unspecified atom stereocenters. The summed E-state index contributed by atoms with van der Waals surface area (Å²) in [5.41, 5.74) is 3.59. The number of esters is 1. The van der Waals surface area contributed by atoms with E-state index in [9.17, 15) is 24.6 Å². The van der Waals surface area contributed by atoms with Gasteiger partial charge in [-0.2, -0.15) is 5.11 Å². The van der Waals surface area contributed by atoms with Gasteiger partial charge in [-0.3, -0.25) is 20.3 Å². The number of rotatable bonds is 9. The van der Waals surface area contributed by atoms with Crippen molar-refractivity contribution in [3.63, 3.8) is 0 Å². The van der Waals surface area contributed by atoms with Crippen LogP contribution in [0.5, 0.6) is 0 Å². The van der Waals surface area contributed by atoms with E-state index in [1.807, 2.05) is 55.4 Å². The molecule has 0 aromatic carbocycles. The molecule has 0 radical (unpaired) electrons. The number of nitrogens with two attached hydrogens (primary N) is 1. The Kier molecular flexibility index (Phi) is 16.8. The second-order valence-electron chi connectivity index (χ2n) is 17.9. The van der Waals surface area contributed by atoms with Crippen molar-refractivity contribution in [2.45, 2.75) is 148 Å². The number of hydrogen-bond donors (Lipinski definition) is 3. The van der Waals surface area contributed by atoms with Gasteiger partial charge in [0.2, 0.25) is 0 Å². The first kappa shape index (κ1) is 50.6. The van der Waals surface area contributed by atoms with Gasteiger partial charge in [-0.05, 0) is 95.8 Å². The fraction of sp³-hybridized carbons (Fsp3) is 0.721. The van der Waals surface area contributed by atoms with Crippen LogP contribution >= 0.6 is 22.6 Å². The smallest absolute Gasteiger partial charge is 0.331 e. The third-order valence-corrected chi connectivity index (χ3v) is 13.0. The number of halogens is 1. The third kappa shape index (κ3) is 11.7. The van der Waals surface area contributed by atoms with Crippen molar-refractivity contribution in [1.82, 2.24) is 9.88 Å². The molecule has 14 atom stereocenters. The molecule has 19 nitrogen and oxygen atoms in total. The minimum Gasteiger partial charge on any atom is -0.459 e. The van der Waals surface area contributed by atoms with E-state index in [2.05, 4.69) is 25.5 Å². The summed E-state index contributed by atoms with van der Waals surface area (Å²) in [4.78, 5) is 58.2. The monoisotopic (exact) mass is 997 g/mol. The first-order valence-corrected chi connectivity index (χ1v) is 22.4. The first-order chi connectivity index (χ1) is 29.5. The van der Waals surface area contributed by atoms with E-state index in [0.717, 1.165) is 0 Å². The van der Waals surface area contributed by atoms with Crippen molar-refractivity contribution in [2.24, 2.45) is 49.9 Å². The van der Waals surface area contributed by atoms with Crippen molar-refractivity contribution in [1.29, 1.82) is 0 Å². The highest BCUT2D eigenvalue weighted by Gasteiger charge is 2.53. The molecule has 2 bridgehead atoms. The second-order valence-corrected chi connectivity index (χ2v) is 19.0. The predicted molar refractivity (Wildman–Crippen MR) is 237 cm³/mol. The summed E-state index contributed by atoms with van der Waals surface area (Å²) in [5.74, 6) is -5.78. The molecule has 0 spiro atoms. The van der Waals surface area contributed by atoms with E-state index in [0.29, 0.717) is 27.1 Å². The fourth-order valence-electron chi connectivity index (χ4n) is 8.94. The summed E-state index contributed by atoms with van der Waals surface area (Å²) in [7, 11) is 3.71. The van der Waals surface area contributed by atoms with Gasteiger partial charge in [-0.1, -0.05) is 44.1 Å². The zero-order valence-corrected chi connectivity index (χ0v) is 40.2. The van der Waals surface area contributed by atoms with Crippen LogP contribution < -0.4 is 5.73 Å². The number of azo groups is 1. The van der Waals surface area contributed by atoms with Crippen LogP contribution in [0.25, 0.3) is 0 Å². The van der Waals surface area contributed by atoms with Crippen LogP contribution in [-0.4, -0.2) is 131 Å². The Hall–Kier alpha value is -3.35. The number of carbonyl (C=O) groups is 3. The lowest BCUT2D eigenvalue weighted by Crippen LogP contribution is -2.60. The van der Waals surface area contributed by atoms with Crippen molar-refractivity contribution in [2.75, 3.05) is 27.3 Å². The molecule has 1 aromatic heterocycles. The van der Waals surface area contributed by atoms with Crippen LogP contribution in [0.4, 0.5) is 0 Å². The number of Topliss-reactive ketones (excluding diaryl/α,β-unsaturated/α-hetero) is 1. The molecule has 3 saturated heterocycles. The van der Waals surface area contributed by atoms with Gasteiger partial charge in [0, 0.05) is 42.5 Å². The van der Waals surface area contributed by atoms with Crippen LogP contribution in [0.3, 0.4) is 0 Å². The quantitative estimate of drug-likeness (QED) is 0.0780. The molecule has 4 N–H and O–H groups in total. The minimum atomic E-state index is -1.90. The van der Waals surface area contributed by atoms with E-state index in [4.69, 9.17) is 39.1 Å². The van der Waals surface area contributed by atoms with Gasteiger partial charge in [0.25, 0.3) is 0 Å². The fourth-order valence-corrected chi connectivity index (χ4v) is 9.52. The maximum absolute atomic E-state index is 14.5. The maximum atomic E-state index is 14.5. The summed E-state index contributed by atoms with van der Waals surface area (Å²) in [6.45, 7) is 14.3. The van der Waals surface area contributed by atoms with Gasteiger partial charge >= 0.3 is 11.9 Å². The van der Waals surface area contributed by atoms with E-state index in [1.165, 1.54) is 20.8 Å². The lowest BCUT2D eigenvalue weighted by molar-refractivity contribution is -0.296. The van der Waals surface area contributed by atoms with Gasteiger partial charge in [0.1, 0.15) is 39.7 Å². The van der Waals surface area contributed by atoms with Crippen LogP contribution in [0.2, 0.25) is 0 Å². The van der Waals surface area contributed by atoms with Gasteiger partial charge in [0.05, 0.1) is 48.5 Å². The van der Waals surface area contributed by atoms with Crippen molar-refractivity contribution < 1.29 is 58.0 Å². The van der Waals surface area contributed by atoms with Crippen molar-refractivity contribution in [3.05, 3.63) is 39.4 Å². The number of aliphatic hydroxyl groups excluding tert-OH is 1. The standard InChI is InChI=1S/C43H64IN7O12/c1-12-32-42(9,56)38-24(4)34(49-63-27(7)52)22(2)16-41(8,37(25(5)35(53)26(6)39(55)61-32)62-40-36(54)30(51(10)11)15-23(3)60-40)58-21-29(20-57-38)48-59-19-28-13-14-31(46-18-28)43(45)17-33(44)47-50-43/h13-14,17-18,22-26,30,32,36-38,40,54,56H,12,15-16,19-21,45H2,1-11H3/b48-29-,49-34+/t22-,23-,24+,25+,26-,30+,32-,36-,37-,38+,40+,41-,42-,43?/m1/s1. The molecule has 0 amide bonds. The van der Waals surface area contributed by atoms with Crippen molar-refractivity contribution in [3.8, 4) is 0 Å². The lowest BCUT2D eigenvalue weighted by atomic mass is 9.74. The largest absolute Gasteiger partial charge is 0.459 e. The number of fused-ring (bicyclic) bond motifs is 5. The number of pyridine rings is 1. The number of cyclic esters (lactones) is 1. The molecule has 1 aromatic rings. The van der Waals surface area contributed by atoms with Crippen LogP contribution in [0, 0.1) is 23.7 Å². The number of aliphatic hydroxyl groups is 2. The highest BCUT2D eigenvalue weighted by molar-refractivity contribution is 14.1. The molecule has 20 heteroatoms. The SMILES string of the molecule is CC[C@H]1OC(=O)[C@H](C)C(=O)[C@H](C)[C@@H](O[C@@H]2O[C@H](C)C[C@H](N(C)C)[C@H]2O)[C@@]2(C)C[C@@H](C)/C(=N\OC(C)=O)[C@H](C)[C@H](OC/C(=N/OCc3ccc(C4(N)C=C(I)N=N4)nc3)CO2)[C@]1(C)O. The summed E-state index contributed by atoms with van der Waals surface area (Å²) in [5, 5.41) is 41.1. The number of aromatic nitrogens is 1. The summed E-state index contributed by atoms with van der Waals surface area (Å²) < 4.78 is 33.1. The summed E-state index contributed by atoms with van der Waals surface area (Å²) >= 11 is 2.04. The highest BCUT2D eigenvalue weighted by Crippen LogP contribution is 2.40. The third-order valence-electron chi connectivity index (χ3n) is 12.4. The number of ketones is 1. The number of hydrogen-bond acceptors (Lipinski definition) is 19. The lowest BCUT2D eigenvalue weighted by Gasteiger charge is -2.47. The molecular weight excluding hydrogens is 933 g/mol. The minimum absolute atomic E-state index is 0.0144. The first-order valence-electron chi connectivity index (χ1n) is 21.4. The van der Waals surface area contributed by atoms with Gasteiger partial charge in [-0.15, -0.1) is 5.11 Å². The summed E-state index contributed by atoms with van der Waals surface area (Å²) in [6.07, 6.45) is -2.13. The van der Waals surface area contributed by atoms with E-state index in [-0.39, 0.29) is 50.5 Å². The molecule has 4 aliphatic rings. The Morgan fingerprint density at radius 1 is 1.10 bits per heavy atom. The van der Waals surface area contributed by atoms with E-state index >= 15 is 0 Å². The average Bonchev–Trinajstić information content (AvgIpc) is 3.58. The number of nitrogens with zero attached hydrogens (tertiary/aromatic N) is 6. The maximum Gasteiger partial charge on any atom is 0.331 e. The zero-order valence-electron chi connectivity index (χ0n) is 38.0. The molecule has 0 saturated carbocycles. The average molecular weight is 998 g/mol. The molecule has 4 aliphatic heterocycles. The molecular formula is C43H64IN7O12. The predicted octanol–water partition coefficient (Wildman–Crippen LogP) is 4.30. The number of likely N-dealkylation sites (N-methyl/N-ethyl adjacent to an activating group) is 1. The van der Waals surface area contributed by atoms with Crippen LogP contribution in [-0.2, 0) is 60.0 Å². The Balaban J connectivity index is 1.63. The van der Waals surface area contributed by atoms with Gasteiger partial charge in [-0.25, -0.2) is 4.79 Å². The highest BCUT2D eigenvalue weighted by atomic mass is 127. The molecule has 3 fully saturated rings. The Morgan fingerprint density at radius 2 is 1.81 bits per heavy atom. The summed E-state index contributed by atoms with van der Waals surface area (Å²) in [6, 6.07) is 3.17. The van der Waals surface area contributed by atoms with Crippen LogP contribution in [0.15, 0.2) is 48.6 Å². The van der Waals surface area contributed by atoms with Crippen molar-refractivity contribution >= 4 is 51.7 Å². The number of carbonyl (C=O) groups excluding carboxylic acids is 3. The number of oxime groups is 2. The topological polar surface area (TPSA) is 248 Å². The van der Waals surface area contributed by atoms with Gasteiger partial charge < -0.3 is 48.5 Å². The Morgan fingerprint density at radius 3 is 2.41 bits per heavy atom. The Bertz CT molecular complexity index is 1930. The molecule has 5 rings (SSSR count). The molecule has 5 heterocycles.